The summed E-state index contributed by atoms with van der Waals surface area (Å²) in [7, 11) is 0. The molecule has 5 heteroatoms. The predicted octanol–water partition coefficient (Wildman–Crippen LogP) is 2.64. The van der Waals surface area contributed by atoms with Crippen molar-refractivity contribution >= 4 is 11.8 Å². The van der Waals surface area contributed by atoms with Crippen LogP contribution in [0.1, 0.15) is 20.8 Å². The lowest BCUT2D eigenvalue weighted by atomic mass is 10.2. The molecular formula is C16H22N2O3. The summed E-state index contributed by atoms with van der Waals surface area (Å²) in [6.07, 6.45) is 4.74. The van der Waals surface area contributed by atoms with Gasteiger partial charge in [0.05, 0.1) is 13.1 Å². The second kappa shape index (κ2) is 8.05. The second-order valence-corrected chi connectivity index (χ2v) is 5.36. The largest absolute Gasteiger partial charge is 0.492 e. The van der Waals surface area contributed by atoms with E-state index in [1.165, 1.54) is 0 Å². The first-order valence-corrected chi connectivity index (χ1v) is 6.78. The summed E-state index contributed by atoms with van der Waals surface area (Å²) in [6, 6.07) is 7.47. The first-order chi connectivity index (χ1) is 9.90. The molecule has 0 heterocycles. The van der Waals surface area contributed by atoms with Gasteiger partial charge in [0.25, 0.3) is 0 Å². The molecule has 0 fully saturated rings. The number of nitrogens with one attached hydrogen (secondary N) is 2. The molecule has 0 bridgehead atoms. The third kappa shape index (κ3) is 7.73. The summed E-state index contributed by atoms with van der Waals surface area (Å²) in [4.78, 5) is 11.4. The maximum absolute atomic E-state index is 11.4. The van der Waals surface area contributed by atoms with Crippen LogP contribution in [0.2, 0.25) is 0 Å². The summed E-state index contributed by atoms with van der Waals surface area (Å²) >= 11 is 0. The highest BCUT2D eigenvalue weighted by molar-refractivity contribution is 5.67. The average molecular weight is 290 g/mol. The van der Waals surface area contributed by atoms with Gasteiger partial charge in [-0.1, -0.05) is 12.0 Å². The van der Waals surface area contributed by atoms with Crippen LogP contribution in [0.4, 0.5) is 10.5 Å². The van der Waals surface area contributed by atoms with Crippen LogP contribution in [0.15, 0.2) is 24.3 Å². The number of anilines is 1. The minimum absolute atomic E-state index is 0.359. The molecule has 114 valence electrons. The second-order valence-electron chi connectivity index (χ2n) is 5.36. The van der Waals surface area contributed by atoms with Crippen molar-refractivity contribution in [1.29, 1.82) is 0 Å². The Morgan fingerprint density at radius 1 is 1.38 bits per heavy atom. The van der Waals surface area contributed by atoms with Crippen molar-refractivity contribution in [2.45, 2.75) is 26.4 Å². The Kier molecular flexibility index (Phi) is 6.41. The normalized spacial score (nSPS) is 10.4. The van der Waals surface area contributed by atoms with E-state index in [2.05, 4.69) is 16.6 Å². The Labute approximate surface area is 126 Å². The molecule has 1 rings (SSSR count). The smallest absolute Gasteiger partial charge is 0.407 e. The van der Waals surface area contributed by atoms with E-state index < -0.39 is 11.7 Å². The van der Waals surface area contributed by atoms with E-state index in [-0.39, 0.29) is 0 Å². The maximum atomic E-state index is 11.4. The molecule has 21 heavy (non-hydrogen) atoms. The fraction of sp³-hybridized carbons (Fsp3) is 0.438. The van der Waals surface area contributed by atoms with Crippen LogP contribution in [-0.2, 0) is 4.74 Å². The third-order valence-electron chi connectivity index (χ3n) is 2.27. The van der Waals surface area contributed by atoms with Gasteiger partial charge in [-0.2, -0.15) is 0 Å². The minimum atomic E-state index is -0.498. The number of carbonyl (C=O) groups is 1. The topological polar surface area (TPSA) is 59.6 Å². The Morgan fingerprint density at radius 2 is 2.14 bits per heavy atom. The van der Waals surface area contributed by atoms with E-state index in [1.54, 1.807) is 0 Å². The summed E-state index contributed by atoms with van der Waals surface area (Å²) in [6.45, 7) is 6.64. The fourth-order valence-corrected chi connectivity index (χ4v) is 1.49. The molecular weight excluding hydrogens is 268 g/mol. The Bertz CT molecular complexity index is 501. The molecule has 0 aliphatic carbocycles. The number of rotatable bonds is 6. The molecule has 0 aliphatic heterocycles. The lowest BCUT2D eigenvalue weighted by Crippen LogP contribution is -2.34. The van der Waals surface area contributed by atoms with Crippen molar-refractivity contribution in [3.05, 3.63) is 24.3 Å². The zero-order chi connectivity index (χ0) is 15.7. The molecule has 1 aromatic carbocycles. The molecule has 0 radical (unpaired) electrons. The van der Waals surface area contributed by atoms with E-state index >= 15 is 0 Å². The van der Waals surface area contributed by atoms with Crippen molar-refractivity contribution in [3.63, 3.8) is 0 Å². The Morgan fingerprint density at radius 3 is 2.81 bits per heavy atom. The highest BCUT2D eigenvalue weighted by Crippen LogP contribution is 2.16. The van der Waals surface area contributed by atoms with E-state index in [0.29, 0.717) is 25.4 Å². The van der Waals surface area contributed by atoms with Gasteiger partial charge >= 0.3 is 6.09 Å². The van der Waals surface area contributed by atoms with Gasteiger partial charge in [0.1, 0.15) is 18.0 Å². The standard InChI is InChI=1S/C16H22N2O3/c1-5-9-17-13-7-6-8-14(12-13)20-11-10-18-15(19)21-16(2,3)4/h1,6-8,12,17H,9-11H2,2-4H3,(H,18,19). The SMILES string of the molecule is C#CCNc1cccc(OCCNC(=O)OC(C)(C)C)c1. The van der Waals surface area contributed by atoms with Gasteiger partial charge in [0.15, 0.2) is 0 Å². The highest BCUT2D eigenvalue weighted by Gasteiger charge is 2.15. The monoisotopic (exact) mass is 290 g/mol. The van der Waals surface area contributed by atoms with Crippen LogP contribution in [0.3, 0.4) is 0 Å². The Hall–Kier alpha value is -2.35. The molecule has 5 nitrogen and oxygen atoms in total. The molecule has 0 saturated carbocycles. The van der Waals surface area contributed by atoms with Crippen LogP contribution in [0.25, 0.3) is 0 Å². The molecule has 0 unspecified atom stereocenters. The lowest BCUT2D eigenvalue weighted by Gasteiger charge is -2.19. The predicted molar refractivity (Wildman–Crippen MR) is 83.5 cm³/mol. The van der Waals surface area contributed by atoms with E-state index in [0.717, 1.165) is 5.69 Å². The van der Waals surface area contributed by atoms with Gasteiger partial charge in [-0.3, -0.25) is 0 Å². The first kappa shape index (κ1) is 16.7. The molecule has 2 N–H and O–H groups in total. The lowest BCUT2D eigenvalue weighted by molar-refractivity contribution is 0.0520. The number of carbonyl (C=O) groups excluding carboxylic acids is 1. The quantitative estimate of drug-likeness (QED) is 0.624. The number of hydrogen-bond acceptors (Lipinski definition) is 4. The summed E-state index contributed by atoms with van der Waals surface area (Å²) in [5.41, 5.74) is 0.396. The molecule has 0 saturated heterocycles. The van der Waals surface area contributed by atoms with Crippen molar-refractivity contribution in [1.82, 2.24) is 5.32 Å². The molecule has 0 aliphatic rings. The minimum Gasteiger partial charge on any atom is -0.492 e. The van der Waals surface area contributed by atoms with E-state index in [4.69, 9.17) is 15.9 Å². The van der Waals surface area contributed by atoms with Crippen molar-refractivity contribution in [2.75, 3.05) is 25.0 Å². The molecule has 0 spiro atoms. The van der Waals surface area contributed by atoms with E-state index in [1.807, 2.05) is 45.0 Å². The number of benzene rings is 1. The van der Waals surface area contributed by atoms with Crippen LogP contribution in [0, 0.1) is 12.3 Å². The number of amides is 1. The maximum Gasteiger partial charge on any atom is 0.407 e. The van der Waals surface area contributed by atoms with Gasteiger partial charge in [-0.15, -0.1) is 6.42 Å². The summed E-state index contributed by atoms with van der Waals surface area (Å²) in [5, 5.41) is 5.69. The molecule has 1 amide bonds. The van der Waals surface area contributed by atoms with Crippen LogP contribution in [-0.4, -0.2) is 31.4 Å². The molecule has 0 aromatic heterocycles. The average Bonchev–Trinajstić information content (AvgIpc) is 2.40. The molecule has 1 aromatic rings. The van der Waals surface area contributed by atoms with Crippen LogP contribution in [0.5, 0.6) is 5.75 Å². The number of ether oxygens (including phenoxy) is 2. The number of alkyl carbamates (subject to hydrolysis) is 1. The number of hydrogen-bond donors (Lipinski definition) is 2. The third-order valence-corrected chi connectivity index (χ3v) is 2.27. The number of terminal acetylenes is 1. The molecule has 0 atom stereocenters. The van der Waals surface area contributed by atoms with E-state index in [9.17, 15) is 4.79 Å². The van der Waals surface area contributed by atoms with Crippen molar-refractivity contribution in [2.24, 2.45) is 0 Å². The van der Waals surface area contributed by atoms with Crippen molar-refractivity contribution in [3.8, 4) is 18.1 Å². The van der Waals surface area contributed by atoms with Gasteiger partial charge in [0.2, 0.25) is 0 Å². The first-order valence-electron chi connectivity index (χ1n) is 6.78. The summed E-state index contributed by atoms with van der Waals surface area (Å²) in [5.74, 6) is 3.22. The van der Waals surface area contributed by atoms with Crippen LogP contribution >= 0.6 is 0 Å². The van der Waals surface area contributed by atoms with Gasteiger partial charge in [0, 0.05) is 11.8 Å². The summed E-state index contributed by atoms with van der Waals surface area (Å²) < 4.78 is 10.7. The fourth-order valence-electron chi connectivity index (χ4n) is 1.49. The van der Waals surface area contributed by atoms with Crippen molar-refractivity contribution < 1.29 is 14.3 Å². The van der Waals surface area contributed by atoms with Gasteiger partial charge in [-0.05, 0) is 32.9 Å². The highest BCUT2D eigenvalue weighted by atomic mass is 16.6. The zero-order valence-electron chi connectivity index (χ0n) is 12.7. The van der Waals surface area contributed by atoms with Gasteiger partial charge in [-0.25, -0.2) is 4.79 Å². The van der Waals surface area contributed by atoms with Crippen LogP contribution < -0.4 is 15.4 Å². The van der Waals surface area contributed by atoms with Gasteiger partial charge < -0.3 is 20.1 Å². The zero-order valence-corrected chi connectivity index (χ0v) is 12.7. The Balaban J connectivity index is 2.30.